The minimum absolute atomic E-state index is 0.0279. The highest BCUT2D eigenvalue weighted by Gasteiger charge is 2.24. The first-order valence-corrected chi connectivity index (χ1v) is 9.37. The number of hydrogen-bond donors (Lipinski definition) is 1. The second-order valence-electron chi connectivity index (χ2n) is 7.24. The van der Waals surface area contributed by atoms with E-state index < -0.39 is 0 Å². The van der Waals surface area contributed by atoms with E-state index in [0.29, 0.717) is 5.56 Å². The van der Waals surface area contributed by atoms with E-state index in [2.05, 4.69) is 5.32 Å². The van der Waals surface area contributed by atoms with Crippen molar-refractivity contribution in [1.29, 1.82) is 0 Å². The van der Waals surface area contributed by atoms with Crippen molar-refractivity contribution in [3.05, 3.63) is 28.2 Å². The van der Waals surface area contributed by atoms with Crippen LogP contribution in [-0.4, -0.2) is 34.4 Å². The Morgan fingerprint density at radius 2 is 1.68 bits per heavy atom. The topological polar surface area (TPSA) is 71.4 Å². The third-order valence-electron chi connectivity index (χ3n) is 5.31. The summed E-state index contributed by atoms with van der Waals surface area (Å²) in [5.74, 6) is -0.192. The molecule has 0 atom stereocenters. The molecule has 1 aliphatic heterocycles. The first-order chi connectivity index (χ1) is 12.1. The van der Waals surface area contributed by atoms with Crippen molar-refractivity contribution >= 4 is 17.5 Å². The van der Waals surface area contributed by atoms with Gasteiger partial charge in [-0.3, -0.25) is 14.4 Å². The van der Waals surface area contributed by atoms with Crippen molar-refractivity contribution in [3.63, 3.8) is 0 Å². The fourth-order valence-electron chi connectivity index (χ4n) is 3.80. The van der Waals surface area contributed by atoms with E-state index in [9.17, 15) is 14.4 Å². The summed E-state index contributed by atoms with van der Waals surface area (Å²) < 4.78 is 1.38. The summed E-state index contributed by atoms with van der Waals surface area (Å²) in [6.45, 7) is 1.51. The van der Waals surface area contributed by atoms with Crippen LogP contribution in [-0.2, 0) is 11.8 Å². The summed E-state index contributed by atoms with van der Waals surface area (Å²) in [5.41, 5.74) is 0.392. The smallest absolute Gasteiger partial charge is 0.274 e. The lowest BCUT2D eigenvalue weighted by Crippen LogP contribution is -2.37. The third-order valence-corrected chi connectivity index (χ3v) is 5.31. The van der Waals surface area contributed by atoms with Gasteiger partial charge < -0.3 is 14.8 Å². The van der Waals surface area contributed by atoms with Gasteiger partial charge in [0.2, 0.25) is 5.91 Å². The first kappa shape index (κ1) is 17.7. The zero-order valence-corrected chi connectivity index (χ0v) is 14.9. The second-order valence-corrected chi connectivity index (χ2v) is 7.24. The normalized spacial score (nSPS) is 18.8. The van der Waals surface area contributed by atoms with Crippen LogP contribution in [0.1, 0.15) is 61.7 Å². The van der Waals surface area contributed by atoms with Crippen LogP contribution in [0.15, 0.2) is 17.1 Å². The Balaban J connectivity index is 1.79. The molecule has 0 aromatic carbocycles. The van der Waals surface area contributed by atoms with E-state index in [1.165, 1.54) is 11.0 Å². The standard InChI is InChI=1S/C19H27N3O3/c1-21-13-15(18(24)22-10-6-3-7-11-22)12-16(19(21)25)20-17(23)14-8-4-2-5-9-14/h12-14H,2-11H2,1H3,(H,20,23). The van der Waals surface area contributed by atoms with Crippen molar-refractivity contribution in [2.45, 2.75) is 51.4 Å². The predicted octanol–water partition coefficient (Wildman–Crippen LogP) is 2.53. The van der Waals surface area contributed by atoms with E-state index in [0.717, 1.165) is 58.0 Å². The van der Waals surface area contributed by atoms with Gasteiger partial charge in [-0.25, -0.2) is 0 Å². The minimum Gasteiger partial charge on any atom is -0.339 e. The molecular weight excluding hydrogens is 318 g/mol. The molecule has 0 bridgehead atoms. The molecule has 25 heavy (non-hydrogen) atoms. The molecule has 2 heterocycles. The summed E-state index contributed by atoms with van der Waals surface area (Å²) in [4.78, 5) is 39.4. The van der Waals surface area contributed by atoms with Crippen molar-refractivity contribution in [2.24, 2.45) is 13.0 Å². The molecule has 0 unspecified atom stereocenters. The third kappa shape index (κ3) is 4.11. The Hall–Kier alpha value is -2.11. The number of carbonyl (C=O) groups is 2. The number of hydrogen-bond acceptors (Lipinski definition) is 3. The minimum atomic E-state index is -0.278. The highest BCUT2D eigenvalue weighted by atomic mass is 16.2. The van der Waals surface area contributed by atoms with Gasteiger partial charge in [-0.2, -0.15) is 0 Å². The number of anilines is 1. The van der Waals surface area contributed by atoms with Gasteiger partial charge >= 0.3 is 0 Å². The number of aromatic nitrogens is 1. The summed E-state index contributed by atoms with van der Waals surface area (Å²) in [6, 6.07) is 1.54. The molecule has 1 aromatic heterocycles. The maximum atomic E-state index is 12.7. The van der Waals surface area contributed by atoms with Gasteiger partial charge in [0.1, 0.15) is 5.69 Å². The van der Waals surface area contributed by atoms with Crippen LogP contribution in [0, 0.1) is 5.92 Å². The molecule has 2 aliphatic rings. The van der Waals surface area contributed by atoms with Crippen LogP contribution >= 0.6 is 0 Å². The van der Waals surface area contributed by atoms with Crippen LogP contribution in [0.5, 0.6) is 0 Å². The molecule has 3 rings (SSSR count). The van der Waals surface area contributed by atoms with E-state index in [-0.39, 0.29) is 29.0 Å². The number of nitrogens with one attached hydrogen (secondary N) is 1. The van der Waals surface area contributed by atoms with E-state index in [4.69, 9.17) is 0 Å². The van der Waals surface area contributed by atoms with Crippen molar-refractivity contribution < 1.29 is 9.59 Å². The lowest BCUT2D eigenvalue weighted by Gasteiger charge is -2.27. The average Bonchev–Trinajstić information content (AvgIpc) is 2.66. The van der Waals surface area contributed by atoms with Gasteiger partial charge in [-0.15, -0.1) is 0 Å². The Kier molecular flexibility index (Phi) is 5.56. The number of rotatable bonds is 3. The summed E-state index contributed by atoms with van der Waals surface area (Å²) >= 11 is 0. The largest absolute Gasteiger partial charge is 0.339 e. The average molecular weight is 345 g/mol. The number of amides is 2. The number of pyridine rings is 1. The summed E-state index contributed by atoms with van der Waals surface area (Å²) in [7, 11) is 1.62. The summed E-state index contributed by atoms with van der Waals surface area (Å²) in [5, 5.41) is 2.78. The highest BCUT2D eigenvalue weighted by molar-refractivity contribution is 5.97. The first-order valence-electron chi connectivity index (χ1n) is 9.37. The molecule has 1 aromatic rings. The fourth-order valence-corrected chi connectivity index (χ4v) is 3.80. The summed E-state index contributed by atoms with van der Waals surface area (Å²) in [6.07, 6.45) is 9.79. The molecule has 1 aliphatic carbocycles. The Bertz CT molecular complexity index is 698. The van der Waals surface area contributed by atoms with Crippen molar-refractivity contribution in [3.8, 4) is 0 Å². The van der Waals surface area contributed by atoms with E-state index in [1.807, 2.05) is 4.90 Å². The molecule has 1 saturated heterocycles. The SMILES string of the molecule is Cn1cc(C(=O)N2CCCCC2)cc(NC(=O)C2CCCCC2)c1=O. The van der Waals surface area contributed by atoms with Crippen LogP contribution in [0.3, 0.4) is 0 Å². The molecule has 0 spiro atoms. The quantitative estimate of drug-likeness (QED) is 0.915. The highest BCUT2D eigenvalue weighted by Crippen LogP contribution is 2.24. The fraction of sp³-hybridized carbons (Fsp3) is 0.632. The van der Waals surface area contributed by atoms with Crippen LogP contribution in [0.2, 0.25) is 0 Å². The van der Waals surface area contributed by atoms with Crippen molar-refractivity contribution in [1.82, 2.24) is 9.47 Å². The molecule has 6 nitrogen and oxygen atoms in total. The molecule has 1 saturated carbocycles. The molecule has 136 valence electrons. The van der Waals surface area contributed by atoms with Gasteiger partial charge in [0.25, 0.3) is 11.5 Å². The maximum Gasteiger partial charge on any atom is 0.274 e. The van der Waals surface area contributed by atoms with Gasteiger partial charge in [0.05, 0.1) is 5.56 Å². The van der Waals surface area contributed by atoms with E-state index >= 15 is 0 Å². The lowest BCUT2D eigenvalue weighted by atomic mass is 9.88. The monoisotopic (exact) mass is 345 g/mol. The number of nitrogens with zero attached hydrogens (tertiary/aromatic N) is 2. The molecular formula is C19H27N3O3. The van der Waals surface area contributed by atoms with E-state index in [1.54, 1.807) is 19.3 Å². The Labute approximate surface area is 148 Å². The van der Waals surface area contributed by atoms with Gasteiger partial charge in [-0.1, -0.05) is 19.3 Å². The number of carbonyl (C=O) groups excluding carboxylic acids is 2. The maximum absolute atomic E-state index is 12.7. The van der Waals surface area contributed by atoms with Gasteiger partial charge in [0.15, 0.2) is 0 Å². The predicted molar refractivity (Wildman–Crippen MR) is 96.6 cm³/mol. The zero-order valence-electron chi connectivity index (χ0n) is 14.9. The number of aryl methyl sites for hydroxylation is 1. The lowest BCUT2D eigenvalue weighted by molar-refractivity contribution is -0.120. The van der Waals surface area contributed by atoms with Crippen LogP contribution in [0.25, 0.3) is 0 Å². The molecule has 6 heteroatoms. The zero-order chi connectivity index (χ0) is 17.8. The second kappa shape index (κ2) is 7.85. The van der Waals surface area contributed by atoms with Crippen molar-refractivity contribution in [2.75, 3.05) is 18.4 Å². The Morgan fingerprint density at radius 1 is 1.04 bits per heavy atom. The molecule has 0 radical (unpaired) electrons. The number of piperidine rings is 1. The van der Waals surface area contributed by atoms with Crippen LogP contribution in [0.4, 0.5) is 5.69 Å². The van der Waals surface area contributed by atoms with Crippen LogP contribution < -0.4 is 10.9 Å². The Morgan fingerprint density at radius 3 is 2.36 bits per heavy atom. The number of likely N-dealkylation sites (tertiary alicyclic amines) is 1. The van der Waals surface area contributed by atoms with Gasteiger partial charge in [-0.05, 0) is 38.2 Å². The molecule has 2 fully saturated rings. The molecule has 1 N–H and O–H groups in total. The van der Waals surface area contributed by atoms with Gasteiger partial charge in [0, 0.05) is 32.3 Å². The molecule has 2 amide bonds.